The Morgan fingerprint density at radius 3 is 2.35 bits per heavy atom. The summed E-state index contributed by atoms with van der Waals surface area (Å²) in [5.74, 6) is -1.11. The van der Waals surface area contributed by atoms with E-state index in [9.17, 15) is 8.78 Å². The normalized spacial score (nSPS) is 10.4. The second-order valence-corrected chi connectivity index (χ2v) is 4.72. The highest BCUT2D eigenvalue weighted by atomic mass is 79.9. The van der Waals surface area contributed by atoms with Gasteiger partial charge in [-0.05, 0) is 35.4 Å². The van der Waals surface area contributed by atoms with E-state index < -0.39 is 11.6 Å². The van der Waals surface area contributed by atoms with Crippen LogP contribution in [0.15, 0.2) is 36.4 Å². The van der Waals surface area contributed by atoms with Crippen molar-refractivity contribution >= 4 is 15.9 Å². The summed E-state index contributed by atoms with van der Waals surface area (Å²) in [5.41, 5.74) is 1.29. The van der Waals surface area contributed by atoms with Gasteiger partial charge in [-0.25, -0.2) is 8.78 Å². The van der Waals surface area contributed by atoms with Crippen molar-refractivity contribution in [2.75, 3.05) is 7.11 Å². The van der Waals surface area contributed by atoms with Gasteiger partial charge in [-0.15, -0.1) is 0 Å². The van der Waals surface area contributed by atoms with Gasteiger partial charge in [0.15, 0.2) is 17.4 Å². The highest BCUT2D eigenvalue weighted by molar-refractivity contribution is 9.08. The molecule has 2 aromatic rings. The van der Waals surface area contributed by atoms with Crippen molar-refractivity contribution in [2.45, 2.75) is 11.9 Å². The van der Waals surface area contributed by atoms with Gasteiger partial charge in [-0.2, -0.15) is 0 Å². The number of hydrogen-bond acceptors (Lipinski definition) is 2. The maximum atomic E-state index is 13.7. The first kappa shape index (κ1) is 14.8. The number of methoxy groups -OCH3 is 1. The summed E-state index contributed by atoms with van der Waals surface area (Å²) in [6.45, 7) is 0.0682. The molecular weight excluding hydrogens is 330 g/mol. The van der Waals surface area contributed by atoms with Gasteiger partial charge in [0.2, 0.25) is 0 Å². The van der Waals surface area contributed by atoms with Gasteiger partial charge in [0.1, 0.15) is 12.4 Å². The molecule has 0 atom stereocenters. The molecule has 0 bridgehead atoms. The van der Waals surface area contributed by atoms with Crippen LogP contribution in [0.2, 0.25) is 0 Å². The maximum Gasteiger partial charge on any atom is 0.191 e. The fourth-order valence-corrected chi connectivity index (χ4v) is 2.07. The molecule has 0 saturated carbocycles. The molecule has 5 heteroatoms. The topological polar surface area (TPSA) is 18.5 Å². The van der Waals surface area contributed by atoms with E-state index in [0.717, 1.165) is 5.56 Å². The molecule has 0 radical (unpaired) electrons. The van der Waals surface area contributed by atoms with Crippen molar-refractivity contribution in [3.8, 4) is 11.5 Å². The molecule has 0 aliphatic carbocycles. The lowest BCUT2D eigenvalue weighted by molar-refractivity contribution is 0.273. The van der Waals surface area contributed by atoms with Crippen molar-refractivity contribution in [1.82, 2.24) is 0 Å². The molecule has 0 heterocycles. The molecular formula is C15H13BrF2O2. The summed E-state index contributed by atoms with van der Waals surface area (Å²) in [6.07, 6.45) is 0. The van der Waals surface area contributed by atoms with E-state index in [1.165, 1.54) is 12.1 Å². The number of hydrogen-bond donors (Lipinski definition) is 0. The number of benzene rings is 2. The fraction of sp³-hybridized carbons (Fsp3) is 0.200. The van der Waals surface area contributed by atoms with Crippen LogP contribution in [0.3, 0.4) is 0 Å². The fourth-order valence-electron chi connectivity index (χ4n) is 1.75. The molecule has 20 heavy (non-hydrogen) atoms. The van der Waals surface area contributed by atoms with E-state index in [2.05, 4.69) is 15.9 Å². The Kier molecular flexibility index (Phi) is 4.95. The van der Waals surface area contributed by atoms with Gasteiger partial charge >= 0.3 is 0 Å². The third kappa shape index (κ3) is 3.48. The van der Waals surface area contributed by atoms with E-state index in [-0.39, 0.29) is 12.4 Å². The minimum Gasteiger partial charge on any atom is -0.497 e. The Morgan fingerprint density at radius 2 is 1.75 bits per heavy atom. The van der Waals surface area contributed by atoms with Crippen molar-refractivity contribution in [1.29, 1.82) is 0 Å². The highest BCUT2D eigenvalue weighted by Crippen LogP contribution is 2.25. The Morgan fingerprint density at radius 1 is 1.05 bits per heavy atom. The average Bonchev–Trinajstić information content (AvgIpc) is 2.46. The lowest BCUT2D eigenvalue weighted by Gasteiger charge is -2.10. The molecule has 0 aliphatic rings. The van der Waals surface area contributed by atoms with Crippen LogP contribution in [0.4, 0.5) is 8.78 Å². The quantitative estimate of drug-likeness (QED) is 0.747. The van der Waals surface area contributed by atoms with Crippen molar-refractivity contribution in [3.63, 3.8) is 0 Å². The summed E-state index contributed by atoms with van der Waals surface area (Å²) in [7, 11) is 1.55. The van der Waals surface area contributed by atoms with Crippen LogP contribution >= 0.6 is 15.9 Å². The van der Waals surface area contributed by atoms with Crippen molar-refractivity contribution < 1.29 is 18.3 Å². The van der Waals surface area contributed by atoms with Crippen molar-refractivity contribution in [2.24, 2.45) is 0 Å². The second kappa shape index (κ2) is 6.70. The van der Waals surface area contributed by atoms with Crippen LogP contribution in [0.5, 0.6) is 11.5 Å². The van der Waals surface area contributed by atoms with Gasteiger partial charge in [-0.3, -0.25) is 0 Å². The molecule has 0 spiro atoms. The van der Waals surface area contributed by atoms with Gasteiger partial charge in [0.05, 0.1) is 7.11 Å². The van der Waals surface area contributed by atoms with Gasteiger partial charge in [0, 0.05) is 5.33 Å². The molecule has 106 valence electrons. The van der Waals surface area contributed by atoms with E-state index in [1.54, 1.807) is 31.4 Å². The summed E-state index contributed by atoms with van der Waals surface area (Å²) >= 11 is 3.15. The highest BCUT2D eigenvalue weighted by Gasteiger charge is 2.12. The van der Waals surface area contributed by atoms with E-state index in [1.807, 2.05) is 0 Å². The minimum absolute atomic E-state index is 0.0682. The molecule has 0 amide bonds. The van der Waals surface area contributed by atoms with Crippen LogP contribution in [0.25, 0.3) is 0 Å². The number of alkyl halides is 1. The SMILES string of the molecule is COc1cccc(COc2c(F)cc(CBr)cc2F)c1. The van der Waals surface area contributed by atoms with Crippen LogP contribution in [-0.4, -0.2) is 7.11 Å². The predicted molar refractivity (Wildman–Crippen MR) is 76.3 cm³/mol. The van der Waals surface area contributed by atoms with E-state index >= 15 is 0 Å². The first-order chi connectivity index (χ1) is 9.63. The van der Waals surface area contributed by atoms with Crippen LogP contribution < -0.4 is 9.47 Å². The lowest BCUT2D eigenvalue weighted by atomic mass is 10.2. The molecule has 0 aromatic heterocycles. The monoisotopic (exact) mass is 342 g/mol. The Bertz CT molecular complexity index is 579. The Hall–Kier alpha value is -1.62. The summed E-state index contributed by atoms with van der Waals surface area (Å²) in [6, 6.07) is 9.62. The smallest absolute Gasteiger partial charge is 0.191 e. The zero-order valence-corrected chi connectivity index (χ0v) is 12.4. The molecule has 0 unspecified atom stereocenters. The zero-order chi connectivity index (χ0) is 14.5. The molecule has 2 aromatic carbocycles. The summed E-state index contributed by atoms with van der Waals surface area (Å²) < 4.78 is 37.8. The Balaban J connectivity index is 2.14. The third-order valence-corrected chi connectivity index (χ3v) is 3.38. The van der Waals surface area contributed by atoms with Crippen molar-refractivity contribution in [3.05, 3.63) is 59.2 Å². The molecule has 0 N–H and O–H groups in total. The molecule has 2 nitrogen and oxygen atoms in total. The minimum atomic E-state index is -0.706. The second-order valence-electron chi connectivity index (χ2n) is 4.16. The maximum absolute atomic E-state index is 13.7. The molecule has 2 rings (SSSR count). The first-order valence-electron chi connectivity index (χ1n) is 5.93. The third-order valence-electron chi connectivity index (χ3n) is 2.73. The standard InChI is InChI=1S/C15H13BrF2O2/c1-19-12-4-2-3-10(5-12)9-20-15-13(17)6-11(8-16)7-14(15)18/h2-7H,8-9H2,1H3. The zero-order valence-electron chi connectivity index (χ0n) is 10.8. The molecule has 0 saturated heterocycles. The van der Waals surface area contributed by atoms with Gasteiger partial charge in [-0.1, -0.05) is 28.1 Å². The van der Waals surface area contributed by atoms with Gasteiger partial charge < -0.3 is 9.47 Å². The van der Waals surface area contributed by atoms with Crippen LogP contribution in [0, 0.1) is 11.6 Å². The predicted octanol–water partition coefficient (Wildman–Crippen LogP) is 4.45. The van der Waals surface area contributed by atoms with E-state index in [4.69, 9.17) is 9.47 Å². The summed E-state index contributed by atoms with van der Waals surface area (Å²) in [4.78, 5) is 0. The van der Waals surface area contributed by atoms with E-state index in [0.29, 0.717) is 16.6 Å². The number of halogens is 3. The first-order valence-corrected chi connectivity index (χ1v) is 7.06. The molecule has 0 fully saturated rings. The Labute approximate surface area is 124 Å². The molecule has 0 aliphatic heterocycles. The van der Waals surface area contributed by atoms with Crippen LogP contribution in [0.1, 0.15) is 11.1 Å². The van der Waals surface area contributed by atoms with Crippen LogP contribution in [-0.2, 0) is 11.9 Å². The number of ether oxygens (including phenoxy) is 2. The summed E-state index contributed by atoms with van der Waals surface area (Å²) in [5, 5.41) is 0.386. The lowest BCUT2D eigenvalue weighted by Crippen LogP contribution is -2.01. The number of rotatable bonds is 5. The largest absolute Gasteiger partial charge is 0.497 e. The average molecular weight is 343 g/mol. The van der Waals surface area contributed by atoms with Gasteiger partial charge in [0.25, 0.3) is 0 Å².